The van der Waals surface area contributed by atoms with Crippen LogP contribution in [0.15, 0.2) is 0 Å². The smallest absolute Gasteiger partial charge is 0.304 e. The standard InChI is InChI=1S/C9H20N2O5S/c1-3-11(6-4-8-12)17(15,16)10(2)7-5-9(13)14/h12H,3-8H2,1-2H3,(H,13,14). The van der Waals surface area contributed by atoms with Gasteiger partial charge < -0.3 is 10.2 Å². The van der Waals surface area contributed by atoms with Gasteiger partial charge in [0.25, 0.3) is 10.2 Å². The molecule has 0 saturated heterocycles. The van der Waals surface area contributed by atoms with E-state index < -0.39 is 16.2 Å². The molecule has 0 rings (SSSR count). The molecule has 0 radical (unpaired) electrons. The van der Waals surface area contributed by atoms with Crippen molar-refractivity contribution in [3.63, 3.8) is 0 Å². The molecule has 0 unspecified atom stereocenters. The van der Waals surface area contributed by atoms with Gasteiger partial charge in [-0.05, 0) is 6.42 Å². The molecule has 17 heavy (non-hydrogen) atoms. The van der Waals surface area contributed by atoms with Crippen molar-refractivity contribution < 1.29 is 23.4 Å². The minimum absolute atomic E-state index is 0.0622. The van der Waals surface area contributed by atoms with Crippen LogP contribution in [0.2, 0.25) is 0 Å². The lowest BCUT2D eigenvalue weighted by Crippen LogP contribution is -2.43. The summed E-state index contributed by atoms with van der Waals surface area (Å²) < 4.78 is 26.1. The van der Waals surface area contributed by atoms with Gasteiger partial charge in [0.1, 0.15) is 0 Å². The highest BCUT2D eigenvalue weighted by Crippen LogP contribution is 2.07. The Kier molecular flexibility index (Phi) is 7.28. The number of nitrogens with zero attached hydrogens (tertiary/aromatic N) is 2. The molecule has 7 nitrogen and oxygen atoms in total. The third-order valence-corrected chi connectivity index (χ3v) is 4.34. The summed E-state index contributed by atoms with van der Waals surface area (Å²) in [5.41, 5.74) is 0. The Morgan fingerprint density at radius 3 is 2.29 bits per heavy atom. The molecule has 0 heterocycles. The van der Waals surface area contributed by atoms with E-state index in [1.165, 1.54) is 11.4 Å². The molecular weight excluding hydrogens is 248 g/mol. The van der Waals surface area contributed by atoms with Crippen molar-refractivity contribution in [2.75, 3.05) is 33.3 Å². The first-order chi connectivity index (χ1) is 7.86. The van der Waals surface area contributed by atoms with Gasteiger partial charge in [-0.25, -0.2) is 0 Å². The Morgan fingerprint density at radius 2 is 1.88 bits per heavy atom. The van der Waals surface area contributed by atoms with Crippen molar-refractivity contribution in [3.05, 3.63) is 0 Å². The summed E-state index contributed by atoms with van der Waals surface area (Å²) >= 11 is 0. The molecule has 0 amide bonds. The number of hydrogen-bond donors (Lipinski definition) is 2. The van der Waals surface area contributed by atoms with Gasteiger partial charge in [-0.3, -0.25) is 4.79 Å². The summed E-state index contributed by atoms with van der Waals surface area (Å²) in [7, 11) is -2.28. The lowest BCUT2D eigenvalue weighted by Gasteiger charge is -2.25. The quantitative estimate of drug-likeness (QED) is 0.578. The fraction of sp³-hybridized carbons (Fsp3) is 0.889. The molecule has 0 spiro atoms. The molecule has 8 heteroatoms. The Labute approximate surface area is 102 Å². The molecule has 0 aliphatic heterocycles. The fourth-order valence-electron chi connectivity index (χ4n) is 1.25. The van der Waals surface area contributed by atoms with Crippen molar-refractivity contribution in [1.29, 1.82) is 0 Å². The van der Waals surface area contributed by atoms with Crippen molar-refractivity contribution in [3.8, 4) is 0 Å². The van der Waals surface area contributed by atoms with Gasteiger partial charge >= 0.3 is 5.97 Å². The van der Waals surface area contributed by atoms with Crippen LogP contribution in [-0.2, 0) is 15.0 Å². The first-order valence-corrected chi connectivity index (χ1v) is 6.80. The Balaban J connectivity index is 4.54. The number of aliphatic hydroxyl groups excluding tert-OH is 1. The summed E-state index contributed by atoms with van der Waals surface area (Å²) in [5.74, 6) is -1.04. The number of carboxylic acids is 1. The largest absolute Gasteiger partial charge is 0.481 e. The average molecular weight is 268 g/mol. The summed E-state index contributed by atoms with van der Waals surface area (Å²) in [4.78, 5) is 10.4. The maximum Gasteiger partial charge on any atom is 0.304 e. The van der Waals surface area contributed by atoms with Crippen LogP contribution < -0.4 is 0 Å². The maximum atomic E-state index is 12.0. The zero-order valence-corrected chi connectivity index (χ0v) is 11.0. The van der Waals surface area contributed by atoms with Crippen molar-refractivity contribution >= 4 is 16.2 Å². The van der Waals surface area contributed by atoms with Crippen molar-refractivity contribution in [2.45, 2.75) is 19.8 Å². The predicted octanol–water partition coefficient (Wildman–Crippen LogP) is -0.658. The van der Waals surface area contributed by atoms with Crippen molar-refractivity contribution in [1.82, 2.24) is 8.61 Å². The second-order valence-corrected chi connectivity index (χ2v) is 5.58. The number of aliphatic hydroxyl groups is 1. The highest BCUT2D eigenvalue weighted by Gasteiger charge is 2.25. The second kappa shape index (κ2) is 7.59. The third-order valence-electron chi connectivity index (χ3n) is 2.28. The van der Waals surface area contributed by atoms with Crippen LogP contribution in [-0.4, -0.2) is 66.5 Å². The SMILES string of the molecule is CCN(CCCO)S(=O)(=O)N(C)CCC(=O)O. The summed E-state index contributed by atoms with van der Waals surface area (Å²) in [6.45, 7) is 2.07. The molecule has 0 atom stereocenters. The van der Waals surface area contributed by atoms with E-state index in [2.05, 4.69) is 0 Å². The maximum absolute atomic E-state index is 12.0. The van der Waals surface area contributed by atoms with E-state index in [1.54, 1.807) is 6.92 Å². The van der Waals surface area contributed by atoms with Crippen LogP contribution in [0.1, 0.15) is 19.8 Å². The number of rotatable bonds is 9. The van der Waals surface area contributed by atoms with Crippen molar-refractivity contribution in [2.24, 2.45) is 0 Å². The van der Waals surface area contributed by atoms with Gasteiger partial charge in [-0.1, -0.05) is 6.92 Å². The average Bonchev–Trinajstić information content (AvgIpc) is 2.26. The molecule has 0 aliphatic rings. The molecule has 0 fully saturated rings. The molecule has 2 N–H and O–H groups in total. The lowest BCUT2D eigenvalue weighted by molar-refractivity contribution is -0.137. The lowest BCUT2D eigenvalue weighted by atomic mass is 10.4. The molecule has 0 aromatic heterocycles. The van der Waals surface area contributed by atoms with Crippen LogP contribution in [0.4, 0.5) is 0 Å². The van der Waals surface area contributed by atoms with Crippen LogP contribution in [0.25, 0.3) is 0 Å². The Hall–Kier alpha value is -0.700. The molecule has 0 bridgehead atoms. The van der Waals surface area contributed by atoms with E-state index in [-0.39, 0.29) is 26.1 Å². The molecule has 0 aliphatic carbocycles. The van der Waals surface area contributed by atoms with E-state index >= 15 is 0 Å². The molecule has 0 aromatic carbocycles. The summed E-state index contributed by atoms with van der Waals surface area (Å²) in [6.07, 6.45) is 0.132. The number of carboxylic acid groups (broad SMARTS) is 1. The van der Waals surface area contributed by atoms with Crippen LogP contribution in [0.3, 0.4) is 0 Å². The highest BCUT2D eigenvalue weighted by atomic mass is 32.2. The molecule has 0 aromatic rings. The first kappa shape index (κ1) is 16.3. The van der Waals surface area contributed by atoms with Gasteiger partial charge in [0, 0.05) is 33.3 Å². The highest BCUT2D eigenvalue weighted by molar-refractivity contribution is 7.86. The van der Waals surface area contributed by atoms with Crippen LogP contribution in [0, 0.1) is 0 Å². The fourth-order valence-corrected chi connectivity index (χ4v) is 2.65. The Bertz CT molecular complexity index is 330. The van der Waals surface area contributed by atoms with Gasteiger partial charge in [0.15, 0.2) is 0 Å². The van der Waals surface area contributed by atoms with Gasteiger partial charge in [0.05, 0.1) is 6.42 Å². The summed E-state index contributed by atoms with van der Waals surface area (Å²) in [6, 6.07) is 0. The van der Waals surface area contributed by atoms with E-state index in [4.69, 9.17) is 10.2 Å². The number of carbonyl (C=O) groups is 1. The zero-order chi connectivity index (χ0) is 13.5. The minimum atomic E-state index is -3.63. The van der Waals surface area contributed by atoms with Crippen LogP contribution >= 0.6 is 0 Å². The zero-order valence-electron chi connectivity index (χ0n) is 10.2. The van der Waals surface area contributed by atoms with E-state index in [0.717, 1.165) is 4.31 Å². The monoisotopic (exact) mass is 268 g/mol. The molecular formula is C9H20N2O5S. The van der Waals surface area contributed by atoms with Gasteiger partial charge in [0.2, 0.25) is 0 Å². The Morgan fingerprint density at radius 1 is 1.29 bits per heavy atom. The molecule has 0 saturated carbocycles. The first-order valence-electron chi connectivity index (χ1n) is 5.40. The van der Waals surface area contributed by atoms with E-state index in [1.807, 2.05) is 0 Å². The minimum Gasteiger partial charge on any atom is -0.481 e. The second-order valence-electron chi connectivity index (χ2n) is 3.54. The number of hydrogen-bond acceptors (Lipinski definition) is 4. The normalized spacial score (nSPS) is 12.3. The predicted molar refractivity (Wildman–Crippen MR) is 62.8 cm³/mol. The van der Waals surface area contributed by atoms with E-state index in [9.17, 15) is 13.2 Å². The third kappa shape index (κ3) is 5.44. The summed E-state index contributed by atoms with van der Waals surface area (Å²) in [5, 5.41) is 17.2. The topological polar surface area (TPSA) is 98.2 Å². The van der Waals surface area contributed by atoms with Gasteiger partial charge in [-0.15, -0.1) is 0 Å². The van der Waals surface area contributed by atoms with E-state index in [0.29, 0.717) is 13.0 Å². The molecule has 102 valence electrons. The van der Waals surface area contributed by atoms with Crippen LogP contribution in [0.5, 0.6) is 0 Å². The number of aliphatic carboxylic acids is 1. The van der Waals surface area contributed by atoms with Gasteiger partial charge in [-0.2, -0.15) is 17.0 Å².